The molecule has 0 radical (unpaired) electrons. The highest BCUT2D eigenvalue weighted by atomic mass is 19.2. The molecule has 5 nitrogen and oxygen atoms in total. The molecule has 1 saturated heterocycles. The molecule has 0 atom stereocenters. The largest absolute Gasteiger partial charge is 0.339 e. The van der Waals surface area contributed by atoms with Gasteiger partial charge in [-0.15, -0.1) is 0 Å². The molecule has 0 aromatic heterocycles. The van der Waals surface area contributed by atoms with Gasteiger partial charge in [-0.3, -0.25) is 9.59 Å². The molecule has 0 saturated carbocycles. The molecule has 8 heteroatoms. The Balaban J connectivity index is 1.81. The van der Waals surface area contributed by atoms with Gasteiger partial charge in [0.1, 0.15) is 12.4 Å². The SMILES string of the molecule is O=C(CN(Cc1ccc(F)cc1)C(=O)c1ccc(F)c(F)c1)N1CCNCC1. The van der Waals surface area contributed by atoms with E-state index < -0.39 is 23.4 Å². The Kier molecular flexibility index (Phi) is 6.30. The van der Waals surface area contributed by atoms with Crippen molar-refractivity contribution in [1.29, 1.82) is 0 Å². The van der Waals surface area contributed by atoms with Crippen molar-refractivity contribution in [3.05, 3.63) is 71.0 Å². The number of benzene rings is 2. The number of amides is 2. The van der Waals surface area contributed by atoms with Crippen LogP contribution < -0.4 is 5.32 Å². The summed E-state index contributed by atoms with van der Waals surface area (Å²) in [6.07, 6.45) is 0. The normalized spacial score (nSPS) is 14.0. The molecule has 28 heavy (non-hydrogen) atoms. The average Bonchev–Trinajstić information content (AvgIpc) is 2.71. The van der Waals surface area contributed by atoms with Gasteiger partial charge in [0.05, 0.1) is 0 Å². The first-order valence-electron chi connectivity index (χ1n) is 8.91. The van der Waals surface area contributed by atoms with E-state index in [1.165, 1.54) is 35.2 Å². The van der Waals surface area contributed by atoms with Crippen molar-refractivity contribution in [1.82, 2.24) is 15.1 Å². The summed E-state index contributed by atoms with van der Waals surface area (Å²) in [4.78, 5) is 28.4. The zero-order chi connectivity index (χ0) is 20.1. The van der Waals surface area contributed by atoms with Crippen LogP contribution in [0.5, 0.6) is 0 Å². The Morgan fingerprint density at radius 3 is 2.29 bits per heavy atom. The summed E-state index contributed by atoms with van der Waals surface area (Å²) in [5.41, 5.74) is 0.555. The molecule has 1 aliphatic heterocycles. The molecule has 1 fully saturated rings. The molecule has 2 amide bonds. The summed E-state index contributed by atoms with van der Waals surface area (Å²) in [5, 5.41) is 3.14. The lowest BCUT2D eigenvalue weighted by Gasteiger charge is -2.30. The summed E-state index contributed by atoms with van der Waals surface area (Å²) in [5.74, 6) is -3.45. The van der Waals surface area contributed by atoms with Crippen molar-refractivity contribution >= 4 is 11.8 Å². The average molecular weight is 391 g/mol. The highest BCUT2D eigenvalue weighted by molar-refractivity contribution is 5.96. The highest BCUT2D eigenvalue weighted by Crippen LogP contribution is 2.15. The van der Waals surface area contributed by atoms with Crippen LogP contribution >= 0.6 is 0 Å². The maximum atomic E-state index is 13.6. The van der Waals surface area contributed by atoms with E-state index in [0.29, 0.717) is 31.7 Å². The monoisotopic (exact) mass is 391 g/mol. The number of nitrogens with one attached hydrogen (secondary N) is 1. The topological polar surface area (TPSA) is 52.7 Å². The van der Waals surface area contributed by atoms with E-state index >= 15 is 0 Å². The van der Waals surface area contributed by atoms with Crippen molar-refractivity contribution in [3.63, 3.8) is 0 Å². The molecule has 1 N–H and O–H groups in total. The third-order valence-electron chi connectivity index (χ3n) is 4.54. The van der Waals surface area contributed by atoms with Crippen LogP contribution in [0.15, 0.2) is 42.5 Å². The number of hydrogen-bond acceptors (Lipinski definition) is 3. The van der Waals surface area contributed by atoms with Gasteiger partial charge in [0.2, 0.25) is 5.91 Å². The number of rotatable bonds is 5. The van der Waals surface area contributed by atoms with E-state index in [9.17, 15) is 22.8 Å². The smallest absolute Gasteiger partial charge is 0.254 e. The summed E-state index contributed by atoms with van der Waals surface area (Å²) in [7, 11) is 0. The van der Waals surface area contributed by atoms with Gasteiger partial charge in [0.25, 0.3) is 5.91 Å². The van der Waals surface area contributed by atoms with Crippen LogP contribution in [-0.4, -0.2) is 54.3 Å². The Bertz CT molecular complexity index is 852. The number of halogens is 3. The molecule has 0 spiro atoms. The molecule has 2 aromatic carbocycles. The molecule has 0 aliphatic carbocycles. The van der Waals surface area contributed by atoms with Crippen molar-refractivity contribution in [3.8, 4) is 0 Å². The fraction of sp³-hybridized carbons (Fsp3) is 0.300. The molecular formula is C20H20F3N3O2. The Labute approximate surface area is 160 Å². The maximum Gasteiger partial charge on any atom is 0.254 e. The van der Waals surface area contributed by atoms with E-state index in [1.54, 1.807) is 4.90 Å². The second kappa shape index (κ2) is 8.88. The first kappa shape index (κ1) is 19.9. The lowest BCUT2D eigenvalue weighted by Crippen LogP contribution is -2.50. The Hall–Kier alpha value is -2.87. The number of carbonyl (C=O) groups is 2. The first-order chi connectivity index (χ1) is 13.4. The van der Waals surface area contributed by atoms with Crippen molar-refractivity contribution < 1.29 is 22.8 Å². The van der Waals surface area contributed by atoms with Crippen molar-refractivity contribution in [2.75, 3.05) is 32.7 Å². The lowest BCUT2D eigenvalue weighted by atomic mass is 10.1. The van der Waals surface area contributed by atoms with E-state index in [2.05, 4.69) is 5.32 Å². The second-order valence-corrected chi connectivity index (χ2v) is 6.55. The van der Waals surface area contributed by atoms with Crippen LogP contribution in [0, 0.1) is 17.5 Å². The van der Waals surface area contributed by atoms with Crippen LogP contribution in [0.1, 0.15) is 15.9 Å². The molecule has 0 unspecified atom stereocenters. The van der Waals surface area contributed by atoms with Gasteiger partial charge in [-0.25, -0.2) is 13.2 Å². The van der Waals surface area contributed by atoms with Gasteiger partial charge in [-0.05, 0) is 35.9 Å². The fourth-order valence-electron chi connectivity index (χ4n) is 3.00. The predicted octanol–water partition coefficient (Wildman–Crippen LogP) is 2.18. The van der Waals surface area contributed by atoms with Crippen molar-refractivity contribution in [2.45, 2.75) is 6.54 Å². The number of hydrogen-bond donors (Lipinski definition) is 1. The van der Waals surface area contributed by atoms with Crippen molar-refractivity contribution in [2.24, 2.45) is 0 Å². The lowest BCUT2D eigenvalue weighted by molar-refractivity contribution is -0.132. The number of nitrogens with zero attached hydrogens (tertiary/aromatic N) is 2. The molecular weight excluding hydrogens is 371 g/mol. The van der Waals surface area contributed by atoms with E-state index in [-0.39, 0.29) is 24.6 Å². The van der Waals surface area contributed by atoms with Gasteiger partial charge >= 0.3 is 0 Å². The maximum absolute atomic E-state index is 13.6. The van der Waals surface area contributed by atoms with Crippen LogP contribution in [-0.2, 0) is 11.3 Å². The molecule has 1 heterocycles. The number of carbonyl (C=O) groups excluding carboxylic acids is 2. The minimum atomic E-state index is -1.14. The quantitative estimate of drug-likeness (QED) is 0.850. The highest BCUT2D eigenvalue weighted by Gasteiger charge is 2.24. The van der Waals surface area contributed by atoms with Gasteiger partial charge in [-0.2, -0.15) is 0 Å². The first-order valence-corrected chi connectivity index (χ1v) is 8.91. The molecule has 3 rings (SSSR count). The van der Waals surface area contributed by atoms with E-state index in [4.69, 9.17) is 0 Å². The van der Waals surface area contributed by atoms with Crippen LogP contribution in [0.25, 0.3) is 0 Å². The minimum Gasteiger partial charge on any atom is -0.339 e. The van der Waals surface area contributed by atoms with Gasteiger partial charge in [-0.1, -0.05) is 12.1 Å². The van der Waals surface area contributed by atoms with Gasteiger partial charge in [0.15, 0.2) is 11.6 Å². The molecule has 148 valence electrons. The zero-order valence-corrected chi connectivity index (χ0v) is 15.1. The van der Waals surface area contributed by atoms with Gasteiger partial charge in [0, 0.05) is 38.3 Å². The van der Waals surface area contributed by atoms with Crippen LogP contribution in [0.4, 0.5) is 13.2 Å². The third kappa shape index (κ3) is 4.89. The van der Waals surface area contributed by atoms with E-state index in [0.717, 1.165) is 12.1 Å². The van der Waals surface area contributed by atoms with Crippen LogP contribution in [0.2, 0.25) is 0 Å². The summed E-state index contributed by atoms with van der Waals surface area (Å²) in [6.45, 7) is 2.22. The third-order valence-corrected chi connectivity index (χ3v) is 4.54. The van der Waals surface area contributed by atoms with E-state index in [1.807, 2.05) is 0 Å². The molecule has 2 aromatic rings. The fourth-order valence-corrected chi connectivity index (χ4v) is 3.00. The summed E-state index contributed by atoms with van der Waals surface area (Å²) < 4.78 is 39.9. The molecule has 1 aliphatic rings. The zero-order valence-electron chi connectivity index (χ0n) is 15.1. The number of piperazine rings is 1. The summed E-state index contributed by atoms with van der Waals surface area (Å²) in [6, 6.07) is 8.39. The second-order valence-electron chi connectivity index (χ2n) is 6.55. The Morgan fingerprint density at radius 2 is 1.64 bits per heavy atom. The molecule has 0 bridgehead atoms. The minimum absolute atomic E-state index is 0.0376. The predicted molar refractivity (Wildman–Crippen MR) is 96.9 cm³/mol. The van der Waals surface area contributed by atoms with Gasteiger partial charge < -0.3 is 15.1 Å². The standard InChI is InChI=1S/C20H20F3N3O2/c21-16-4-1-14(2-5-16)12-26(13-19(27)25-9-7-24-8-10-25)20(28)15-3-6-17(22)18(23)11-15/h1-6,11,24H,7-10,12-13H2. The van der Waals surface area contributed by atoms with Crippen LogP contribution in [0.3, 0.4) is 0 Å². The Morgan fingerprint density at radius 1 is 0.964 bits per heavy atom. The summed E-state index contributed by atoms with van der Waals surface area (Å²) >= 11 is 0.